The van der Waals surface area contributed by atoms with E-state index in [0.717, 1.165) is 23.4 Å². The summed E-state index contributed by atoms with van der Waals surface area (Å²) in [6.45, 7) is 2.10. The first-order chi connectivity index (χ1) is 10.2. The topological polar surface area (TPSA) is 29.5 Å². The fourth-order valence-corrected chi connectivity index (χ4v) is 3.04. The number of hydrogen-bond acceptors (Lipinski definition) is 2. The van der Waals surface area contributed by atoms with E-state index in [9.17, 15) is 4.79 Å². The molecule has 3 nitrogen and oxygen atoms in total. The van der Waals surface area contributed by atoms with Gasteiger partial charge in [0.05, 0.1) is 13.5 Å². The van der Waals surface area contributed by atoms with Crippen LogP contribution in [0, 0.1) is 0 Å². The van der Waals surface area contributed by atoms with Gasteiger partial charge < -0.3 is 9.64 Å². The number of fused-ring (bicyclic) bond motifs is 1. The number of rotatable bonds is 3. The second kappa shape index (κ2) is 5.60. The van der Waals surface area contributed by atoms with Gasteiger partial charge in [-0.2, -0.15) is 0 Å². The summed E-state index contributed by atoms with van der Waals surface area (Å²) in [4.78, 5) is 14.6. The van der Waals surface area contributed by atoms with Crippen molar-refractivity contribution in [2.45, 2.75) is 25.8 Å². The molecule has 2 aromatic carbocycles. The Morgan fingerprint density at radius 3 is 2.71 bits per heavy atom. The average Bonchev–Trinajstić information content (AvgIpc) is 2.83. The van der Waals surface area contributed by atoms with Crippen LogP contribution in [-0.4, -0.2) is 19.1 Å². The summed E-state index contributed by atoms with van der Waals surface area (Å²) >= 11 is 0. The summed E-state index contributed by atoms with van der Waals surface area (Å²) in [5, 5.41) is 0. The summed E-state index contributed by atoms with van der Waals surface area (Å²) in [6.07, 6.45) is 1.29. The van der Waals surface area contributed by atoms with Crippen LogP contribution in [0.1, 0.15) is 18.1 Å². The van der Waals surface area contributed by atoms with Crippen LogP contribution in [0.3, 0.4) is 0 Å². The van der Waals surface area contributed by atoms with Crippen molar-refractivity contribution >= 4 is 11.6 Å². The zero-order valence-electron chi connectivity index (χ0n) is 12.4. The lowest BCUT2D eigenvalue weighted by Crippen LogP contribution is -2.36. The average molecular weight is 281 g/mol. The summed E-state index contributed by atoms with van der Waals surface area (Å²) < 4.78 is 5.33. The van der Waals surface area contributed by atoms with Gasteiger partial charge in [0.25, 0.3) is 0 Å². The maximum atomic E-state index is 12.7. The molecule has 0 unspecified atom stereocenters. The molecule has 0 saturated heterocycles. The number of hydrogen-bond donors (Lipinski definition) is 0. The van der Waals surface area contributed by atoms with Gasteiger partial charge in [-0.3, -0.25) is 4.79 Å². The van der Waals surface area contributed by atoms with Crippen LogP contribution in [0.25, 0.3) is 0 Å². The molecule has 1 amide bonds. The summed E-state index contributed by atoms with van der Waals surface area (Å²) in [5.41, 5.74) is 3.23. The molecule has 0 aromatic heterocycles. The van der Waals surface area contributed by atoms with Crippen LogP contribution in [0.4, 0.5) is 5.69 Å². The predicted molar refractivity (Wildman–Crippen MR) is 83.8 cm³/mol. The molecule has 0 fully saturated rings. The lowest BCUT2D eigenvalue weighted by Gasteiger charge is -2.23. The van der Waals surface area contributed by atoms with Crippen molar-refractivity contribution in [3.05, 3.63) is 59.7 Å². The molecule has 0 spiro atoms. The smallest absolute Gasteiger partial charge is 0.231 e. The van der Waals surface area contributed by atoms with Gasteiger partial charge in [0, 0.05) is 17.3 Å². The van der Waals surface area contributed by atoms with Gasteiger partial charge in [-0.05, 0) is 31.0 Å². The van der Waals surface area contributed by atoms with Crippen LogP contribution >= 0.6 is 0 Å². The highest BCUT2D eigenvalue weighted by atomic mass is 16.5. The third-order valence-electron chi connectivity index (χ3n) is 4.01. The van der Waals surface area contributed by atoms with Crippen molar-refractivity contribution in [1.29, 1.82) is 0 Å². The molecule has 3 heteroatoms. The fourth-order valence-electron chi connectivity index (χ4n) is 3.04. The van der Waals surface area contributed by atoms with E-state index in [1.807, 2.05) is 47.4 Å². The normalized spacial score (nSPS) is 16.7. The van der Waals surface area contributed by atoms with Crippen molar-refractivity contribution < 1.29 is 9.53 Å². The molecule has 0 radical (unpaired) electrons. The van der Waals surface area contributed by atoms with E-state index in [1.54, 1.807) is 7.11 Å². The second-order valence-electron chi connectivity index (χ2n) is 5.43. The maximum absolute atomic E-state index is 12.7. The maximum Gasteiger partial charge on any atom is 0.231 e. The number of methoxy groups -OCH3 is 1. The van der Waals surface area contributed by atoms with Gasteiger partial charge in [0.1, 0.15) is 5.75 Å². The quantitative estimate of drug-likeness (QED) is 0.864. The van der Waals surface area contributed by atoms with Crippen LogP contribution in [0.15, 0.2) is 48.5 Å². The van der Waals surface area contributed by atoms with Gasteiger partial charge in [0.2, 0.25) is 5.91 Å². The van der Waals surface area contributed by atoms with Crippen molar-refractivity contribution in [2.24, 2.45) is 0 Å². The van der Waals surface area contributed by atoms with Gasteiger partial charge >= 0.3 is 0 Å². The summed E-state index contributed by atoms with van der Waals surface area (Å²) in [5.74, 6) is 0.892. The lowest BCUT2D eigenvalue weighted by atomic mass is 10.1. The Hall–Kier alpha value is -2.29. The van der Waals surface area contributed by atoms with E-state index in [-0.39, 0.29) is 11.9 Å². The highest BCUT2D eigenvalue weighted by Crippen LogP contribution is 2.32. The molecule has 2 aromatic rings. The first kappa shape index (κ1) is 13.7. The van der Waals surface area contributed by atoms with E-state index in [2.05, 4.69) is 13.0 Å². The van der Waals surface area contributed by atoms with Gasteiger partial charge in [-0.15, -0.1) is 0 Å². The molecule has 1 aliphatic rings. The number of nitrogens with zero attached hydrogens (tertiary/aromatic N) is 1. The molecule has 1 atom stereocenters. The number of para-hydroxylation sites is 2. The van der Waals surface area contributed by atoms with E-state index in [0.29, 0.717) is 6.42 Å². The van der Waals surface area contributed by atoms with Crippen molar-refractivity contribution in [2.75, 3.05) is 12.0 Å². The van der Waals surface area contributed by atoms with E-state index in [4.69, 9.17) is 4.74 Å². The summed E-state index contributed by atoms with van der Waals surface area (Å²) in [7, 11) is 1.64. The Balaban J connectivity index is 1.86. The molecule has 0 bridgehead atoms. The zero-order chi connectivity index (χ0) is 14.8. The van der Waals surface area contributed by atoms with Crippen molar-refractivity contribution in [1.82, 2.24) is 0 Å². The van der Waals surface area contributed by atoms with Gasteiger partial charge in [-0.25, -0.2) is 0 Å². The minimum absolute atomic E-state index is 0.122. The molecule has 0 aliphatic carbocycles. The number of carbonyl (C=O) groups excluding carboxylic acids is 1. The largest absolute Gasteiger partial charge is 0.496 e. The predicted octanol–water partition coefficient (Wildman–Crippen LogP) is 3.22. The van der Waals surface area contributed by atoms with Gasteiger partial charge in [-0.1, -0.05) is 36.4 Å². The first-order valence-corrected chi connectivity index (χ1v) is 7.22. The Morgan fingerprint density at radius 1 is 1.19 bits per heavy atom. The molecular weight excluding hydrogens is 262 g/mol. The Morgan fingerprint density at radius 2 is 1.90 bits per heavy atom. The minimum Gasteiger partial charge on any atom is -0.496 e. The van der Waals surface area contributed by atoms with Crippen LogP contribution < -0.4 is 9.64 Å². The minimum atomic E-state index is 0.122. The fraction of sp³-hybridized carbons (Fsp3) is 0.278. The first-order valence-electron chi connectivity index (χ1n) is 7.22. The molecule has 1 heterocycles. The SMILES string of the molecule is COc1ccccc1CC(=O)N1c2ccccc2C[C@H]1C. The molecule has 0 saturated carbocycles. The second-order valence-corrected chi connectivity index (χ2v) is 5.43. The third kappa shape index (κ3) is 2.51. The molecule has 1 aliphatic heterocycles. The van der Waals surface area contributed by atoms with E-state index < -0.39 is 0 Å². The third-order valence-corrected chi connectivity index (χ3v) is 4.01. The molecule has 108 valence electrons. The van der Waals surface area contributed by atoms with Gasteiger partial charge in [0.15, 0.2) is 0 Å². The Kier molecular flexibility index (Phi) is 3.65. The van der Waals surface area contributed by atoms with Crippen LogP contribution in [-0.2, 0) is 17.6 Å². The highest BCUT2D eigenvalue weighted by Gasteiger charge is 2.30. The van der Waals surface area contributed by atoms with E-state index >= 15 is 0 Å². The molecule has 21 heavy (non-hydrogen) atoms. The Bertz CT molecular complexity index is 666. The molecular formula is C18H19NO2. The number of amides is 1. The zero-order valence-corrected chi connectivity index (χ0v) is 12.4. The van der Waals surface area contributed by atoms with Crippen LogP contribution in [0.2, 0.25) is 0 Å². The lowest BCUT2D eigenvalue weighted by molar-refractivity contribution is -0.118. The molecule has 3 rings (SSSR count). The number of carbonyl (C=O) groups is 1. The Labute approximate surface area is 125 Å². The van der Waals surface area contributed by atoms with Crippen molar-refractivity contribution in [3.63, 3.8) is 0 Å². The number of benzene rings is 2. The van der Waals surface area contributed by atoms with Crippen molar-refractivity contribution in [3.8, 4) is 5.75 Å². The number of ether oxygens (including phenoxy) is 1. The number of anilines is 1. The highest BCUT2D eigenvalue weighted by molar-refractivity contribution is 5.97. The summed E-state index contributed by atoms with van der Waals surface area (Å²) in [6, 6.07) is 16.0. The van der Waals surface area contributed by atoms with Crippen LogP contribution in [0.5, 0.6) is 5.75 Å². The van der Waals surface area contributed by atoms with E-state index in [1.165, 1.54) is 5.56 Å². The monoisotopic (exact) mass is 281 g/mol. The molecule has 0 N–H and O–H groups in total. The standard InChI is InChI=1S/C18H19NO2/c1-13-11-14-7-3-5-9-16(14)19(13)18(20)12-15-8-4-6-10-17(15)21-2/h3-10,13H,11-12H2,1-2H3/t13-/m1/s1.